The monoisotopic (exact) mass is 210 g/mol. The van der Waals surface area contributed by atoms with E-state index in [9.17, 15) is 0 Å². The van der Waals surface area contributed by atoms with Gasteiger partial charge >= 0.3 is 0 Å². The van der Waals surface area contributed by atoms with Gasteiger partial charge in [-0.25, -0.2) is 0 Å². The lowest BCUT2D eigenvalue weighted by Crippen LogP contribution is -2.51. The predicted octanol–water partition coefficient (Wildman–Crippen LogP) is 2.20. The Morgan fingerprint density at radius 3 is 2.33 bits per heavy atom. The van der Waals surface area contributed by atoms with Gasteiger partial charge in [0.2, 0.25) is 0 Å². The van der Waals surface area contributed by atoms with Crippen molar-refractivity contribution in [2.24, 2.45) is 22.4 Å². The maximum absolute atomic E-state index is 9.14. The van der Waals surface area contributed by atoms with E-state index in [0.29, 0.717) is 5.41 Å². The van der Waals surface area contributed by atoms with Gasteiger partial charge in [0.05, 0.1) is 11.3 Å². The second-order valence-corrected chi connectivity index (χ2v) is 6.16. The molecule has 3 nitrogen and oxygen atoms in total. The van der Waals surface area contributed by atoms with Gasteiger partial charge in [-0.2, -0.15) is 0 Å². The summed E-state index contributed by atoms with van der Waals surface area (Å²) >= 11 is 0. The minimum absolute atomic E-state index is 0.0519. The molecule has 0 aliphatic heterocycles. The van der Waals surface area contributed by atoms with Gasteiger partial charge in [-0.3, -0.25) is 4.90 Å². The van der Waals surface area contributed by atoms with Gasteiger partial charge in [0.1, 0.15) is 0 Å². The summed E-state index contributed by atoms with van der Waals surface area (Å²) in [5, 5.41) is 12.7. The minimum Gasteiger partial charge on any atom is -0.411 e. The number of fused-ring (bicyclic) bond motifs is 1. The summed E-state index contributed by atoms with van der Waals surface area (Å²) in [7, 11) is 4.14. The third-order valence-corrected chi connectivity index (χ3v) is 5.05. The van der Waals surface area contributed by atoms with E-state index < -0.39 is 0 Å². The zero-order chi connectivity index (χ0) is 11.4. The maximum atomic E-state index is 9.14. The molecule has 1 N–H and O–H groups in total. The van der Waals surface area contributed by atoms with Crippen molar-refractivity contribution in [3.8, 4) is 0 Å². The smallest absolute Gasteiger partial charge is 0.0773 e. The fraction of sp³-hybridized carbons (Fsp3) is 0.917. The Morgan fingerprint density at radius 2 is 1.87 bits per heavy atom. The van der Waals surface area contributed by atoms with Crippen LogP contribution in [0.25, 0.3) is 0 Å². The summed E-state index contributed by atoms with van der Waals surface area (Å²) < 4.78 is 0. The number of oxime groups is 1. The van der Waals surface area contributed by atoms with Crippen LogP contribution in [0.2, 0.25) is 0 Å². The van der Waals surface area contributed by atoms with Gasteiger partial charge in [-0.05, 0) is 51.1 Å². The summed E-state index contributed by atoms with van der Waals surface area (Å²) in [6, 6.07) is 0. The fourth-order valence-corrected chi connectivity index (χ4v) is 3.23. The highest BCUT2D eigenvalue weighted by molar-refractivity contribution is 5.94. The van der Waals surface area contributed by atoms with Crippen LogP contribution in [-0.4, -0.2) is 35.5 Å². The Morgan fingerprint density at radius 1 is 1.27 bits per heavy atom. The van der Waals surface area contributed by atoms with Crippen molar-refractivity contribution < 1.29 is 5.21 Å². The molecule has 0 radical (unpaired) electrons. The normalized spacial score (nSPS) is 45.6. The summed E-state index contributed by atoms with van der Waals surface area (Å²) in [4.78, 5) is 2.19. The molecule has 86 valence electrons. The van der Waals surface area contributed by atoms with E-state index >= 15 is 0 Å². The molecule has 0 heterocycles. The average Bonchev–Trinajstić information content (AvgIpc) is 2.66. The molecule has 3 atom stereocenters. The van der Waals surface area contributed by atoms with E-state index in [-0.39, 0.29) is 5.54 Å². The van der Waals surface area contributed by atoms with Crippen molar-refractivity contribution in [3.05, 3.63) is 0 Å². The van der Waals surface area contributed by atoms with E-state index in [0.717, 1.165) is 30.4 Å². The third kappa shape index (κ3) is 1.32. The Bertz CT molecular complexity index is 309. The Kier molecular flexibility index (Phi) is 2.16. The lowest BCUT2D eigenvalue weighted by Gasteiger charge is -2.39. The molecule has 0 aromatic rings. The largest absolute Gasteiger partial charge is 0.411 e. The van der Waals surface area contributed by atoms with Gasteiger partial charge in [-0.1, -0.05) is 19.0 Å². The van der Waals surface area contributed by atoms with Crippen LogP contribution in [0.5, 0.6) is 0 Å². The predicted molar refractivity (Wildman–Crippen MR) is 61.3 cm³/mol. The molecule has 2 aliphatic rings. The Labute approximate surface area is 92.1 Å². The van der Waals surface area contributed by atoms with Crippen LogP contribution >= 0.6 is 0 Å². The first-order valence-electron chi connectivity index (χ1n) is 5.73. The lowest BCUT2D eigenvalue weighted by molar-refractivity contribution is 0.197. The second kappa shape index (κ2) is 2.97. The number of rotatable bonds is 1. The summed E-state index contributed by atoms with van der Waals surface area (Å²) in [5.74, 6) is 1.53. The molecule has 15 heavy (non-hydrogen) atoms. The van der Waals surface area contributed by atoms with Crippen LogP contribution in [-0.2, 0) is 0 Å². The standard InChI is InChI=1S/C12H22N2O/c1-11(2)8-6-10(13-15)12(3,14(4)5)7-9(8)11/h8-9,15H,6-7H2,1-5H3/b13-10-/t8-,9+,12-/m1/s1. The van der Waals surface area contributed by atoms with E-state index in [1.54, 1.807) is 0 Å². The summed E-state index contributed by atoms with van der Waals surface area (Å²) in [6.07, 6.45) is 2.08. The van der Waals surface area contributed by atoms with Crippen LogP contribution < -0.4 is 0 Å². The van der Waals surface area contributed by atoms with E-state index in [1.165, 1.54) is 0 Å². The Hall–Kier alpha value is -0.570. The highest BCUT2D eigenvalue weighted by atomic mass is 16.4. The zero-order valence-electron chi connectivity index (χ0n) is 10.4. The Balaban J connectivity index is 2.27. The van der Waals surface area contributed by atoms with E-state index in [1.807, 2.05) is 0 Å². The van der Waals surface area contributed by atoms with Crippen LogP contribution in [0.1, 0.15) is 33.6 Å². The maximum Gasteiger partial charge on any atom is 0.0773 e. The van der Waals surface area contributed by atoms with Crippen molar-refractivity contribution in [1.29, 1.82) is 0 Å². The van der Waals surface area contributed by atoms with E-state index in [4.69, 9.17) is 5.21 Å². The molecule has 2 aliphatic carbocycles. The highest BCUT2D eigenvalue weighted by Crippen LogP contribution is 2.66. The molecular formula is C12H22N2O. The first-order chi connectivity index (χ1) is 6.84. The zero-order valence-corrected chi connectivity index (χ0v) is 10.4. The van der Waals surface area contributed by atoms with E-state index in [2.05, 4.69) is 44.9 Å². The molecule has 0 aromatic carbocycles. The van der Waals surface area contributed by atoms with Crippen LogP contribution in [0, 0.1) is 17.3 Å². The van der Waals surface area contributed by atoms with Crippen molar-refractivity contribution in [2.75, 3.05) is 14.1 Å². The topological polar surface area (TPSA) is 35.8 Å². The van der Waals surface area contributed by atoms with Crippen molar-refractivity contribution in [2.45, 2.75) is 39.2 Å². The van der Waals surface area contributed by atoms with Crippen molar-refractivity contribution in [1.82, 2.24) is 4.90 Å². The molecule has 0 saturated heterocycles. The molecule has 2 fully saturated rings. The van der Waals surface area contributed by atoms with Crippen LogP contribution in [0.3, 0.4) is 0 Å². The van der Waals surface area contributed by atoms with Gasteiger partial charge in [0.25, 0.3) is 0 Å². The first kappa shape index (κ1) is 10.9. The molecule has 0 aromatic heterocycles. The quantitative estimate of drug-likeness (QED) is 0.532. The molecule has 2 saturated carbocycles. The average molecular weight is 210 g/mol. The highest BCUT2D eigenvalue weighted by Gasteiger charge is 2.63. The number of nitrogens with zero attached hydrogens (tertiary/aromatic N) is 2. The first-order valence-corrected chi connectivity index (χ1v) is 5.73. The summed E-state index contributed by atoms with van der Waals surface area (Å²) in [6.45, 7) is 6.85. The van der Waals surface area contributed by atoms with Crippen LogP contribution in [0.15, 0.2) is 5.16 Å². The molecule has 0 amide bonds. The number of hydrogen-bond donors (Lipinski definition) is 1. The van der Waals surface area contributed by atoms with Gasteiger partial charge in [0.15, 0.2) is 0 Å². The SMILES string of the molecule is CN(C)[C@]1(C)C[C@H]2[C@@H](C/C1=N/O)C2(C)C. The molecule has 0 spiro atoms. The van der Waals surface area contributed by atoms with Crippen molar-refractivity contribution in [3.63, 3.8) is 0 Å². The van der Waals surface area contributed by atoms with Gasteiger partial charge in [0, 0.05) is 0 Å². The molecule has 0 bridgehead atoms. The van der Waals surface area contributed by atoms with Gasteiger partial charge in [-0.15, -0.1) is 0 Å². The number of hydrogen-bond acceptors (Lipinski definition) is 3. The van der Waals surface area contributed by atoms with Gasteiger partial charge < -0.3 is 5.21 Å². The summed E-state index contributed by atoms with van der Waals surface area (Å²) in [5.41, 5.74) is 1.35. The fourth-order valence-electron chi connectivity index (χ4n) is 3.23. The minimum atomic E-state index is -0.0519. The lowest BCUT2D eigenvalue weighted by atomic mass is 9.80. The third-order valence-electron chi connectivity index (χ3n) is 5.05. The molecular weight excluding hydrogens is 188 g/mol. The molecule has 0 unspecified atom stereocenters. The molecule has 2 rings (SSSR count). The second-order valence-electron chi connectivity index (χ2n) is 6.16. The van der Waals surface area contributed by atoms with Crippen LogP contribution in [0.4, 0.5) is 0 Å². The molecule has 3 heteroatoms. The van der Waals surface area contributed by atoms with Crippen molar-refractivity contribution >= 4 is 5.71 Å².